The maximum Gasteiger partial charge on any atom is 0.164 e. The Bertz CT molecular complexity index is 600. The van der Waals surface area contributed by atoms with Crippen LogP contribution in [-0.2, 0) is 7.05 Å². The second kappa shape index (κ2) is 4.74. The van der Waals surface area contributed by atoms with Crippen LogP contribution in [0.4, 0.5) is 5.82 Å². The van der Waals surface area contributed by atoms with Crippen LogP contribution >= 0.6 is 15.9 Å². The minimum atomic E-state index is 0.395. The lowest BCUT2D eigenvalue weighted by atomic mass is 9.89. The van der Waals surface area contributed by atoms with Crippen molar-refractivity contribution < 1.29 is 0 Å². The van der Waals surface area contributed by atoms with E-state index in [0.29, 0.717) is 5.41 Å². The van der Waals surface area contributed by atoms with Crippen molar-refractivity contribution in [3.63, 3.8) is 0 Å². The highest BCUT2D eigenvalue weighted by Gasteiger charge is 2.28. The third-order valence-corrected chi connectivity index (χ3v) is 4.63. The van der Waals surface area contributed by atoms with Crippen molar-refractivity contribution in [2.75, 3.05) is 11.9 Å². The molecule has 1 aliphatic carbocycles. The van der Waals surface area contributed by atoms with Crippen LogP contribution in [0.5, 0.6) is 0 Å². The summed E-state index contributed by atoms with van der Waals surface area (Å²) in [5, 5.41) is 8.79. The van der Waals surface area contributed by atoms with Crippen molar-refractivity contribution in [3.05, 3.63) is 10.9 Å². The van der Waals surface area contributed by atoms with Crippen molar-refractivity contribution in [2.24, 2.45) is 12.5 Å². The maximum atomic E-state index is 4.37. The predicted molar refractivity (Wildman–Crippen MR) is 79.1 cm³/mol. The molecule has 102 valence electrons. The minimum absolute atomic E-state index is 0.395. The standard InChI is InChI=1S/C13H18BrN5/c1-13(5-3-4-6-13)7-15-11-9-10(14)18-19(2)12(9)17-8-16-11/h8H,3-7H2,1-2H3,(H,15,16,17). The van der Waals surface area contributed by atoms with Gasteiger partial charge in [0.25, 0.3) is 0 Å². The van der Waals surface area contributed by atoms with Gasteiger partial charge in [0.15, 0.2) is 5.65 Å². The SMILES string of the molecule is Cn1nc(Br)c2c(NCC3(C)CCCC3)ncnc21. The van der Waals surface area contributed by atoms with E-state index in [1.807, 2.05) is 7.05 Å². The van der Waals surface area contributed by atoms with Crippen LogP contribution in [0.2, 0.25) is 0 Å². The van der Waals surface area contributed by atoms with Gasteiger partial charge in [0, 0.05) is 13.6 Å². The number of halogens is 1. The van der Waals surface area contributed by atoms with E-state index in [4.69, 9.17) is 0 Å². The van der Waals surface area contributed by atoms with Gasteiger partial charge in [-0.1, -0.05) is 19.8 Å². The van der Waals surface area contributed by atoms with Gasteiger partial charge in [-0.15, -0.1) is 0 Å². The van der Waals surface area contributed by atoms with Crippen molar-refractivity contribution in [2.45, 2.75) is 32.6 Å². The van der Waals surface area contributed by atoms with Crippen LogP contribution in [0, 0.1) is 5.41 Å². The lowest BCUT2D eigenvalue weighted by Gasteiger charge is -2.24. The summed E-state index contributed by atoms with van der Waals surface area (Å²) in [5.41, 5.74) is 1.24. The summed E-state index contributed by atoms with van der Waals surface area (Å²) in [7, 11) is 1.89. The Morgan fingerprint density at radius 1 is 1.37 bits per heavy atom. The molecule has 6 heteroatoms. The summed E-state index contributed by atoms with van der Waals surface area (Å²) in [5.74, 6) is 0.873. The second-order valence-corrected chi connectivity index (χ2v) is 6.46. The van der Waals surface area contributed by atoms with Crippen molar-refractivity contribution in [1.29, 1.82) is 0 Å². The number of fused-ring (bicyclic) bond motifs is 1. The lowest BCUT2D eigenvalue weighted by Crippen LogP contribution is -2.23. The minimum Gasteiger partial charge on any atom is -0.369 e. The van der Waals surface area contributed by atoms with E-state index in [9.17, 15) is 0 Å². The monoisotopic (exact) mass is 323 g/mol. The van der Waals surface area contributed by atoms with Gasteiger partial charge < -0.3 is 5.32 Å². The zero-order valence-electron chi connectivity index (χ0n) is 11.3. The molecule has 5 nitrogen and oxygen atoms in total. The van der Waals surface area contributed by atoms with E-state index in [2.05, 4.69) is 43.2 Å². The molecule has 1 fully saturated rings. The molecular weight excluding hydrogens is 306 g/mol. The molecule has 1 saturated carbocycles. The number of anilines is 1. The molecule has 0 bridgehead atoms. The summed E-state index contributed by atoms with van der Waals surface area (Å²) >= 11 is 3.48. The lowest BCUT2D eigenvalue weighted by molar-refractivity contribution is 0.362. The molecule has 0 amide bonds. The summed E-state index contributed by atoms with van der Waals surface area (Å²) in [6.45, 7) is 3.31. The number of aromatic nitrogens is 4. The molecule has 2 aromatic rings. The van der Waals surface area contributed by atoms with E-state index < -0.39 is 0 Å². The van der Waals surface area contributed by atoms with Gasteiger partial charge in [-0.05, 0) is 34.2 Å². The van der Waals surface area contributed by atoms with Gasteiger partial charge in [0.2, 0.25) is 0 Å². The molecule has 2 aromatic heterocycles. The molecule has 0 atom stereocenters. The van der Waals surface area contributed by atoms with Crippen LogP contribution < -0.4 is 5.32 Å². The first-order valence-electron chi connectivity index (χ1n) is 6.66. The molecule has 0 radical (unpaired) electrons. The molecular formula is C13H18BrN5. The van der Waals surface area contributed by atoms with Gasteiger partial charge in [-0.3, -0.25) is 0 Å². The van der Waals surface area contributed by atoms with Crippen molar-refractivity contribution in [3.8, 4) is 0 Å². The fourth-order valence-electron chi connectivity index (χ4n) is 2.88. The smallest absolute Gasteiger partial charge is 0.164 e. The first-order valence-corrected chi connectivity index (χ1v) is 7.45. The van der Waals surface area contributed by atoms with E-state index in [0.717, 1.165) is 28.0 Å². The Kier molecular flexibility index (Phi) is 3.20. The van der Waals surface area contributed by atoms with Gasteiger partial charge in [-0.25, -0.2) is 14.6 Å². The molecule has 0 unspecified atom stereocenters. The van der Waals surface area contributed by atoms with Crippen LogP contribution in [0.1, 0.15) is 32.6 Å². The molecule has 0 spiro atoms. The Hall–Kier alpha value is -1.17. The number of nitrogens with one attached hydrogen (secondary N) is 1. The molecule has 19 heavy (non-hydrogen) atoms. The van der Waals surface area contributed by atoms with Gasteiger partial charge in [-0.2, -0.15) is 5.10 Å². The average Bonchev–Trinajstić information content (AvgIpc) is 2.94. The Morgan fingerprint density at radius 3 is 2.84 bits per heavy atom. The van der Waals surface area contributed by atoms with E-state index in [1.54, 1.807) is 11.0 Å². The maximum absolute atomic E-state index is 4.37. The fourth-order valence-corrected chi connectivity index (χ4v) is 3.48. The van der Waals surface area contributed by atoms with Gasteiger partial charge in [0.05, 0.1) is 5.39 Å². The molecule has 3 rings (SSSR count). The Labute approximate surface area is 120 Å². The van der Waals surface area contributed by atoms with Gasteiger partial charge >= 0.3 is 0 Å². The number of nitrogens with zero attached hydrogens (tertiary/aromatic N) is 4. The number of aryl methyl sites for hydroxylation is 1. The molecule has 1 N–H and O–H groups in total. The number of rotatable bonds is 3. The average molecular weight is 324 g/mol. The van der Waals surface area contributed by atoms with Crippen molar-refractivity contribution >= 4 is 32.8 Å². The second-order valence-electron chi connectivity index (χ2n) is 5.71. The molecule has 2 heterocycles. The largest absolute Gasteiger partial charge is 0.369 e. The normalized spacial score (nSPS) is 18.1. The van der Waals surface area contributed by atoms with E-state index in [-0.39, 0.29) is 0 Å². The third-order valence-electron chi connectivity index (χ3n) is 4.07. The highest BCUT2D eigenvalue weighted by Crippen LogP contribution is 2.38. The molecule has 0 aromatic carbocycles. The first-order chi connectivity index (χ1) is 9.09. The summed E-state index contributed by atoms with van der Waals surface area (Å²) < 4.78 is 2.56. The summed E-state index contributed by atoms with van der Waals surface area (Å²) in [4.78, 5) is 8.65. The molecule has 0 saturated heterocycles. The number of hydrogen-bond acceptors (Lipinski definition) is 4. The highest BCUT2D eigenvalue weighted by atomic mass is 79.9. The van der Waals surface area contributed by atoms with Crippen LogP contribution in [0.15, 0.2) is 10.9 Å². The van der Waals surface area contributed by atoms with Crippen LogP contribution in [0.25, 0.3) is 11.0 Å². The first kappa shape index (κ1) is 12.8. The predicted octanol–water partition coefficient (Wildman–Crippen LogP) is 3.12. The zero-order chi connectivity index (χ0) is 13.5. The Morgan fingerprint density at radius 2 is 2.11 bits per heavy atom. The summed E-state index contributed by atoms with van der Waals surface area (Å²) in [6.07, 6.45) is 6.86. The molecule has 1 aliphatic rings. The fraction of sp³-hybridized carbons (Fsp3) is 0.615. The van der Waals surface area contributed by atoms with E-state index in [1.165, 1.54) is 25.7 Å². The topological polar surface area (TPSA) is 55.6 Å². The Balaban J connectivity index is 1.88. The van der Waals surface area contributed by atoms with Crippen LogP contribution in [0.3, 0.4) is 0 Å². The molecule has 0 aliphatic heterocycles. The van der Waals surface area contributed by atoms with Crippen LogP contribution in [-0.4, -0.2) is 26.3 Å². The van der Waals surface area contributed by atoms with E-state index >= 15 is 0 Å². The van der Waals surface area contributed by atoms with Gasteiger partial charge in [0.1, 0.15) is 16.7 Å². The zero-order valence-corrected chi connectivity index (χ0v) is 12.9. The summed E-state index contributed by atoms with van der Waals surface area (Å²) in [6, 6.07) is 0. The number of hydrogen-bond donors (Lipinski definition) is 1. The quantitative estimate of drug-likeness (QED) is 0.942. The third kappa shape index (κ3) is 2.33. The highest BCUT2D eigenvalue weighted by molar-refractivity contribution is 9.10. The van der Waals surface area contributed by atoms with Crippen molar-refractivity contribution in [1.82, 2.24) is 19.7 Å².